The minimum absolute atomic E-state index is 0.698. The smallest absolute Gasteiger partial charge is 0.329 e. The molecule has 1 atom stereocenters. The zero-order valence-electron chi connectivity index (χ0n) is 10.3. The van der Waals surface area contributed by atoms with Gasteiger partial charge in [0.1, 0.15) is 5.54 Å². The molecule has 1 N–H and O–H groups in total. The van der Waals surface area contributed by atoms with Gasteiger partial charge < -0.3 is 10.0 Å². The third-order valence-corrected chi connectivity index (χ3v) is 3.54. The molecule has 1 unspecified atom stereocenters. The average molecular weight is 234 g/mol. The third kappa shape index (κ3) is 2.12. The number of carboxylic acids is 1. The zero-order valence-corrected chi connectivity index (χ0v) is 10.3. The minimum Gasteiger partial charge on any atom is -0.480 e. The Bertz CT molecular complexity index is 433. The number of carboxylic acid groups (broad SMARTS) is 1. The van der Waals surface area contributed by atoms with Crippen LogP contribution in [0.5, 0.6) is 0 Å². The number of piperidine rings is 1. The molecular weight excluding hydrogens is 216 g/mol. The van der Waals surface area contributed by atoms with Crippen LogP contribution in [0.2, 0.25) is 0 Å². The van der Waals surface area contributed by atoms with Crippen LogP contribution in [-0.4, -0.2) is 28.1 Å². The van der Waals surface area contributed by atoms with Crippen molar-refractivity contribution in [1.29, 1.82) is 0 Å². The molecule has 0 amide bonds. The summed E-state index contributed by atoms with van der Waals surface area (Å²) in [5, 5.41) is 9.44. The van der Waals surface area contributed by atoms with Gasteiger partial charge in [-0.15, -0.1) is 0 Å². The van der Waals surface area contributed by atoms with Crippen LogP contribution in [0, 0.1) is 6.92 Å². The Labute approximate surface area is 101 Å². The molecule has 92 valence electrons. The summed E-state index contributed by atoms with van der Waals surface area (Å²) < 4.78 is 0. The lowest BCUT2D eigenvalue weighted by Crippen LogP contribution is -2.55. The summed E-state index contributed by atoms with van der Waals surface area (Å²) in [6.45, 7) is 4.53. The summed E-state index contributed by atoms with van der Waals surface area (Å²) in [5.41, 5.74) is 1.09. The van der Waals surface area contributed by atoms with Crippen LogP contribution in [0.25, 0.3) is 0 Å². The summed E-state index contributed by atoms with van der Waals surface area (Å²) in [6.07, 6.45) is 4.46. The largest absolute Gasteiger partial charge is 0.480 e. The number of carbonyl (C=O) groups is 1. The Morgan fingerprint density at radius 2 is 2.29 bits per heavy atom. The predicted octanol–water partition coefficient (Wildman–Crippen LogP) is 2.22. The van der Waals surface area contributed by atoms with Gasteiger partial charge in [-0.2, -0.15) is 0 Å². The SMILES string of the molecule is Cc1cc(N2CCCCC2(C)C(=O)O)ccn1. The number of rotatable bonds is 2. The summed E-state index contributed by atoms with van der Waals surface area (Å²) in [6, 6.07) is 3.84. The zero-order chi connectivity index (χ0) is 12.5. The minimum atomic E-state index is -0.786. The lowest BCUT2D eigenvalue weighted by molar-refractivity contribution is -0.143. The lowest BCUT2D eigenvalue weighted by atomic mass is 9.88. The molecule has 1 saturated heterocycles. The molecular formula is C13H18N2O2. The van der Waals surface area contributed by atoms with Crippen molar-refractivity contribution in [3.05, 3.63) is 24.0 Å². The fourth-order valence-electron chi connectivity index (χ4n) is 2.46. The molecule has 2 heterocycles. The highest BCUT2D eigenvalue weighted by atomic mass is 16.4. The van der Waals surface area contributed by atoms with Crippen molar-refractivity contribution in [2.45, 2.75) is 38.6 Å². The second-order valence-electron chi connectivity index (χ2n) is 4.84. The normalized spacial score (nSPS) is 24.7. The quantitative estimate of drug-likeness (QED) is 0.852. The van der Waals surface area contributed by atoms with E-state index < -0.39 is 11.5 Å². The molecule has 2 rings (SSSR count). The van der Waals surface area contributed by atoms with Gasteiger partial charge in [0.15, 0.2) is 0 Å². The molecule has 0 bridgehead atoms. The highest BCUT2D eigenvalue weighted by molar-refractivity contribution is 5.83. The van der Waals surface area contributed by atoms with Crippen molar-refractivity contribution in [1.82, 2.24) is 4.98 Å². The van der Waals surface area contributed by atoms with Gasteiger partial charge in [-0.3, -0.25) is 4.98 Å². The summed E-state index contributed by atoms with van der Waals surface area (Å²) in [5.74, 6) is -0.744. The van der Waals surface area contributed by atoms with E-state index in [-0.39, 0.29) is 0 Å². The maximum absolute atomic E-state index is 11.5. The van der Waals surface area contributed by atoms with E-state index in [1.807, 2.05) is 30.9 Å². The molecule has 4 nitrogen and oxygen atoms in total. The predicted molar refractivity (Wildman–Crippen MR) is 66.2 cm³/mol. The lowest BCUT2D eigenvalue weighted by Gasteiger charge is -2.43. The second-order valence-corrected chi connectivity index (χ2v) is 4.84. The number of aliphatic carboxylic acids is 1. The van der Waals surface area contributed by atoms with Gasteiger partial charge in [-0.05, 0) is 45.2 Å². The van der Waals surface area contributed by atoms with Crippen LogP contribution in [0.3, 0.4) is 0 Å². The Balaban J connectivity index is 2.37. The van der Waals surface area contributed by atoms with Gasteiger partial charge in [0.05, 0.1) is 0 Å². The van der Waals surface area contributed by atoms with Crippen LogP contribution < -0.4 is 4.90 Å². The monoisotopic (exact) mass is 234 g/mol. The van der Waals surface area contributed by atoms with E-state index in [2.05, 4.69) is 4.98 Å². The second kappa shape index (κ2) is 4.35. The molecule has 0 aromatic carbocycles. The molecule has 4 heteroatoms. The summed E-state index contributed by atoms with van der Waals surface area (Å²) >= 11 is 0. The first kappa shape index (κ1) is 11.9. The van der Waals surface area contributed by atoms with Crippen LogP contribution in [0.1, 0.15) is 31.9 Å². The van der Waals surface area contributed by atoms with Gasteiger partial charge in [0.25, 0.3) is 0 Å². The molecule has 0 radical (unpaired) electrons. The van der Waals surface area contributed by atoms with Gasteiger partial charge >= 0.3 is 5.97 Å². The molecule has 0 aliphatic carbocycles. The molecule has 1 aliphatic heterocycles. The number of aromatic nitrogens is 1. The number of anilines is 1. The first-order valence-corrected chi connectivity index (χ1v) is 5.98. The Morgan fingerprint density at radius 3 is 2.94 bits per heavy atom. The van der Waals surface area contributed by atoms with Crippen molar-refractivity contribution in [3.8, 4) is 0 Å². The standard InChI is InChI=1S/C13H18N2O2/c1-10-9-11(5-7-14-10)15-8-4-3-6-13(15,2)12(16)17/h5,7,9H,3-4,6,8H2,1-2H3,(H,16,17). The van der Waals surface area contributed by atoms with E-state index in [9.17, 15) is 9.90 Å². The Kier molecular flexibility index (Phi) is 3.05. The molecule has 1 fully saturated rings. The number of hydrogen-bond donors (Lipinski definition) is 1. The average Bonchev–Trinajstić information content (AvgIpc) is 2.29. The van der Waals surface area contributed by atoms with Crippen molar-refractivity contribution in [2.75, 3.05) is 11.4 Å². The number of nitrogens with zero attached hydrogens (tertiary/aromatic N) is 2. The molecule has 17 heavy (non-hydrogen) atoms. The Morgan fingerprint density at radius 1 is 1.53 bits per heavy atom. The summed E-state index contributed by atoms with van der Waals surface area (Å²) in [4.78, 5) is 17.6. The van der Waals surface area contributed by atoms with Gasteiger partial charge in [-0.1, -0.05) is 0 Å². The molecule has 1 aliphatic rings. The van der Waals surface area contributed by atoms with Crippen molar-refractivity contribution >= 4 is 11.7 Å². The van der Waals surface area contributed by atoms with Crippen LogP contribution in [0.15, 0.2) is 18.3 Å². The number of pyridine rings is 1. The number of aryl methyl sites for hydroxylation is 1. The molecule has 1 aromatic heterocycles. The van der Waals surface area contributed by atoms with Crippen LogP contribution >= 0.6 is 0 Å². The van der Waals surface area contributed by atoms with E-state index in [1.165, 1.54) is 0 Å². The van der Waals surface area contributed by atoms with Crippen LogP contribution in [-0.2, 0) is 4.79 Å². The molecule has 0 spiro atoms. The van der Waals surface area contributed by atoms with E-state index in [1.54, 1.807) is 6.20 Å². The van der Waals surface area contributed by atoms with Gasteiger partial charge in [-0.25, -0.2) is 4.79 Å². The number of hydrogen-bond acceptors (Lipinski definition) is 3. The van der Waals surface area contributed by atoms with E-state index in [0.717, 1.165) is 30.8 Å². The fourth-order valence-corrected chi connectivity index (χ4v) is 2.46. The van der Waals surface area contributed by atoms with E-state index >= 15 is 0 Å². The molecule has 0 saturated carbocycles. The topological polar surface area (TPSA) is 53.4 Å². The highest BCUT2D eigenvalue weighted by Gasteiger charge is 2.41. The van der Waals surface area contributed by atoms with Gasteiger partial charge in [0, 0.05) is 24.1 Å². The Hall–Kier alpha value is -1.58. The van der Waals surface area contributed by atoms with Crippen molar-refractivity contribution in [2.24, 2.45) is 0 Å². The van der Waals surface area contributed by atoms with E-state index in [0.29, 0.717) is 6.42 Å². The maximum atomic E-state index is 11.5. The first-order chi connectivity index (χ1) is 8.04. The van der Waals surface area contributed by atoms with E-state index in [4.69, 9.17) is 0 Å². The molecule has 1 aromatic rings. The van der Waals surface area contributed by atoms with Crippen LogP contribution in [0.4, 0.5) is 5.69 Å². The summed E-state index contributed by atoms with van der Waals surface area (Å²) in [7, 11) is 0. The maximum Gasteiger partial charge on any atom is 0.329 e. The highest BCUT2D eigenvalue weighted by Crippen LogP contribution is 2.33. The third-order valence-electron chi connectivity index (χ3n) is 3.54. The fraction of sp³-hybridized carbons (Fsp3) is 0.538. The first-order valence-electron chi connectivity index (χ1n) is 5.98. The van der Waals surface area contributed by atoms with Gasteiger partial charge in [0.2, 0.25) is 0 Å². The van der Waals surface area contributed by atoms with Crippen molar-refractivity contribution in [3.63, 3.8) is 0 Å². The van der Waals surface area contributed by atoms with Crippen molar-refractivity contribution < 1.29 is 9.90 Å².